The number of carbonyl (C=O) groups is 2. The molecule has 6 nitrogen and oxygen atoms in total. The highest BCUT2D eigenvalue weighted by atomic mass is 16.4. The Morgan fingerprint density at radius 2 is 2.00 bits per heavy atom. The van der Waals surface area contributed by atoms with Gasteiger partial charge in [0.2, 0.25) is 5.91 Å². The van der Waals surface area contributed by atoms with E-state index in [4.69, 9.17) is 15.9 Å². The molecular formula is C9H18N2O4. The molecule has 1 atom stereocenters. The fourth-order valence-corrected chi connectivity index (χ4v) is 0.888. The Labute approximate surface area is 88.5 Å². The maximum Gasteiger partial charge on any atom is 0.328 e. The summed E-state index contributed by atoms with van der Waals surface area (Å²) in [4.78, 5) is 21.7. The number of carboxylic acids is 1. The molecule has 0 radical (unpaired) electrons. The topological polar surface area (TPSA) is 113 Å². The van der Waals surface area contributed by atoms with Crippen molar-refractivity contribution in [2.24, 2.45) is 5.73 Å². The van der Waals surface area contributed by atoms with E-state index in [0.717, 1.165) is 0 Å². The van der Waals surface area contributed by atoms with Crippen LogP contribution in [-0.2, 0) is 9.59 Å². The second-order valence-corrected chi connectivity index (χ2v) is 4.13. The molecule has 6 heteroatoms. The first-order valence-corrected chi connectivity index (χ1v) is 4.68. The Balaban J connectivity index is 3.98. The van der Waals surface area contributed by atoms with Crippen LogP contribution >= 0.6 is 0 Å². The Hall–Kier alpha value is -1.14. The van der Waals surface area contributed by atoms with Crippen LogP contribution in [0.15, 0.2) is 0 Å². The van der Waals surface area contributed by atoms with Crippen molar-refractivity contribution < 1.29 is 19.8 Å². The highest BCUT2D eigenvalue weighted by Gasteiger charge is 2.20. The van der Waals surface area contributed by atoms with Crippen molar-refractivity contribution in [1.82, 2.24) is 5.32 Å². The van der Waals surface area contributed by atoms with Crippen LogP contribution in [0.4, 0.5) is 0 Å². The number of aliphatic hydroxyl groups excluding tert-OH is 1. The molecule has 0 aliphatic rings. The number of carbonyl (C=O) groups excluding carboxylic acids is 1. The minimum Gasteiger partial charge on any atom is -0.480 e. The van der Waals surface area contributed by atoms with Gasteiger partial charge in [-0.3, -0.25) is 4.79 Å². The van der Waals surface area contributed by atoms with E-state index >= 15 is 0 Å². The summed E-state index contributed by atoms with van der Waals surface area (Å²) < 4.78 is 0. The Kier molecular flexibility index (Phi) is 5.24. The number of amides is 1. The molecule has 0 aromatic heterocycles. The first-order valence-electron chi connectivity index (χ1n) is 4.68. The summed E-state index contributed by atoms with van der Waals surface area (Å²) in [6.45, 7) is 2.94. The van der Waals surface area contributed by atoms with Crippen molar-refractivity contribution >= 4 is 11.9 Å². The second-order valence-electron chi connectivity index (χ2n) is 4.13. The van der Waals surface area contributed by atoms with Gasteiger partial charge in [-0.15, -0.1) is 0 Å². The van der Waals surface area contributed by atoms with Gasteiger partial charge in [0.25, 0.3) is 0 Å². The maximum atomic E-state index is 11.2. The third-order valence-corrected chi connectivity index (χ3v) is 1.81. The molecule has 0 aromatic rings. The van der Waals surface area contributed by atoms with Crippen molar-refractivity contribution in [3.05, 3.63) is 0 Å². The molecule has 0 saturated carbocycles. The predicted octanol–water partition coefficient (Wildman–Crippen LogP) is -0.934. The lowest BCUT2D eigenvalue weighted by atomic mass is 10.00. The minimum absolute atomic E-state index is 0.146. The molecule has 1 amide bonds. The van der Waals surface area contributed by atoms with Crippen LogP contribution in [0.1, 0.15) is 26.7 Å². The Morgan fingerprint density at radius 3 is 2.33 bits per heavy atom. The van der Waals surface area contributed by atoms with E-state index < -0.39 is 30.1 Å². The molecular weight excluding hydrogens is 200 g/mol. The third-order valence-electron chi connectivity index (χ3n) is 1.81. The molecule has 0 heterocycles. The van der Waals surface area contributed by atoms with Crippen LogP contribution in [0.25, 0.3) is 0 Å². The third kappa shape index (κ3) is 6.87. The zero-order chi connectivity index (χ0) is 12.1. The number of hydrogen-bond acceptors (Lipinski definition) is 4. The van der Waals surface area contributed by atoms with Gasteiger partial charge in [0.15, 0.2) is 0 Å². The Morgan fingerprint density at radius 1 is 1.47 bits per heavy atom. The van der Waals surface area contributed by atoms with E-state index in [2.05, 4.69) is 5.32 Å². The SMILES string of the molecule is CC(C)(N)CCC(=O)N[C@@H](CO)C(=O)O. The minimum atomic E-state index is -1.25. The van der Waals surface area contributed by atoms with Gasteiger partial charge in [0.1, 0.15) is 6.04 Å². The number of aliphatic hydroxyl groups is 1. The van der Waals surface area contributed by atoms with E-state index in [-0.39, 0.29) is 6.42 Å². The van der Waals surface area contributed by atoms with E-state index in [1.807, 2.05) is 0 Å². The van der Waals surface area contributed by atoms with Crippen LogP contribution in [-0.4, -0.2) is 40.3 Å². The van der Waals surface area contributed by atoms with Gasteiger partial charge in [-0.25, -0.2) is 4.79 Å². The standard InChI is InChI=1S/C9H18N2O4/c1-9(2,10)4-3-7(13)11-6(5-12)8(14)15/h6,12H,3-5,10H2,1-2H3,(H,11,13)(H,14,15)/t6-/m0/s1. The smallest absolute Gasteiger partial charge is 0.328 e. The monoisotopic (exact) mass is 218 g/mol. The highest BCUT2D eigenvalue weighted by Crippen LogP contribution is 2.06. The highest BCUT2D eigenvalue weighted by molar-refractivity contribution is 5.83. The van der Waals surface area contributed by atoms with E-state index in [0.29, 0.717) is 6.42 Å². The normalized spacial score (nSPS) is 13.3. The lowest BCUT2D eigenvalue weighted by molar-refractivity contribution is -0.143. The Bertz CT molecular complexity index is 235. The first kappa shape index (κ1) is 13.9. The number of rotatable bonds is 6. The van der Waals surface area contributed by atoms with Crippen LogP contribution in [0.5, 0.6) is 0 Å². The summed E-state index contributed by atoms with van der Waals surface area (Å²) in [6, 6.07) is -1.24. The summed E-state index contributed by atoms with van der Waals surface area (Å²) in [5.41, 5.74) is 5.20. The summed E-state index contributed by atoms with van der Waals surface area (Å²) in [7, 11) is 0. The molecule has 0 bridgehead atoms. The predicted molar refractivity (Wildman–Crippen MR) is 54.2 cm³/mol. The molecule has 88 valence electrons. The summed E-state index contributed by atoms with van der Waals surface area (Å²) in [5.74, 6) is -1.67. The first-order chi connectivity index (χ1) is 6.76. The molecule has 0 saturated heterocycles. The number of hydrogen-bond donors (Lipinski definition) is 4. The fourth-order valence-electron chi connectivity index (χ4n) is 0.888. The summed E-state index contributed by atoms with van der Waals surface area (Å²) in [6.07, 6.45) is 0.601. The molecule has 0 unspecified atom stereocenters. The molecule has 0 aromatic carbocycles. The summed E-state index contributed by atoms with van der Waals surface area (Å²) in [5, 5.41) is 19.4. The number of nitrogens with two attached hydrogens (primary N) is 1. The maximum absolute atomic E-state index is 11.2. The van der Waals surface area contributed by atoms with Crippen molar-refractivity contribution in [3.8, 4) is 0 Å². The molecule has 0 aliphatic carbocycles. The largest absolute Gasteiger partial charge is 0.480 e. The lowest BCUT2D eigenvalue weighted by Gasteiger charge is -2.18. The number of nitrogens with one attached hydrogen (secondary N) is 1. The second kappa shape index (κ2) is 5.67. The molecule has 0 fully saturated rings. The average Bonchev–Trinajstić information content (AvgIpc) is 2.09. The zero-order valence-electron chi connectivity index (χ0n) is 8.99. The van der Waals surface area contributed by atoms with Gasteiger partial charge >= 0.3 is 5.97 Å². The zero-order valence-corrected chi connectivity index (χ0v) is 8.99. The van der Waals surface area contributed by atoms with Gasteiger partial charge in [-0.1, -0.05) is 0 Å². The van der Waals surface area contributed by atoms with Crippen LogP contribution in [0.3, 0.4) is 0 Å². The number of carboxylic acid groups (broad SMARTS) is 1. The summed E-state index contributed by atoms with van der Waals surface area (Å²) >= 11 is 0. The average molecular weight is 218 g/mol. The van der Waals surface area contributed by atoms with Gasteiger partial charge in [0.05, 0.1) is 6.61 Å². The molecule has 0 aliphatic heterocycles. The van der Waals surface area contributed by atoms with Crippen LogP contribution < -0.4 is 11.1 Å². The van der Waals surface area contributed by atoms with E-state index in [1.165, 1.54) is 0 Å². The van der Waals surface area contributed by atoms with Gasteiger partial charge in [-0.05, 0) is 20.3 Å². The molecule has 0 spiro atoms. The van der Waals surface area contributed by atoms with Crippen LogP contribution in [0, 0.1) is 0 Å². The van der Waals surface area contributed by atoms with Crippen molar-refractivity contribution in [1.29, 1.82) is 0 Å². The number of aliphatic carboxylic acids is 1. The lowest BCUT2D eigenvalue weighted by Crippen LogP contribution is -2.44. The molecule has 5 N–H and O–H groups in total. The van der Waals surface area contributed by atoms with Crippen LogP contribution in [0.2, 0.25) is 0 Å². The quantitative estimate of drug-likeness (QED) is 0.460. The van der Waals surface area contributed by atoms with E-state index in [1.54, 1.807) is 13.8 Å². The van der Waals surface area contributed by atoms with Crippen molar-refractivity contribution in [3.63, 3.8) is 0 Å². The fraction of sp³-hybridized carbons (Fsp3) is 0.778. The van der Waals surface area contributed by atoms with Crippen molar-refractivity contribution in [2.45, 2.75) is 38.3 Å². The van der Waals surface area contributed by atoms with E-state index in [9.17, 15) is 9.59 Å². The van der Waals surface area contributed by atoms with Gasteiger partial charge < -0.3 is 21.3 Å². The van der Waals surface area contributed by atoms with Gasteiger partial charge in [-0.2, -0.15) is 0 Å². The molecule has 15 heavy (non-hydrogen) atoms. The molecule has 0 rings (SSSR count). The van der Waals surface area contributed by atoms with Crippen molar-refractivity contribution in [2.75, 3.05) is 6.61 Å². The van der Waals surface area contributed by atoms with Gasteiger partial charge in [0, 0.05) is 12.0 Å².